The molecule has 3 rings (SSSR count). The minimum atomic E-state index is -0.903. The lowest BCUT2D eigenvalue weighted by Gasteiger charge is -2.33. The minimum Gasteiger partial charge on any atom is -0.390 e. The maximum absolute atomic E-state index is 12.8. The van der Waals surface area contributed by atoms with E-state index in [0.717, 1.165) is 16.7 Å². The van der Waals surface area contributed by atoms with Gasteiger partial charge in [-0.1, -0.05) is 29.8 Å². The molecule has 6 heteroatoms. The predicted molar refractivity (Wildman–Crippen MR) is 100 cm³/mol. The van der Waals surface area contributed by atoms with Gasteiger partial charge in [-0.3, -0.25) is 4.79 Å². The Bertz CT molecular complexity index is 778. The second-order valence-electron chi connectivity index (χ2n) is 6.49. The molecule has 26 heavy (non-hydrogen) atoms. The van der Waals surface area contributed by atoms with Crippen LogP contribution in [0.4, 0.5) is 0 Å². The van der Waals surface area contributed by atoms with E-state index in [-0.39, 0.29) is 12.5 Å². The molecule has 0 bridgehead atoms. The number of carbonyl (C=O) groups excluding carboxylic acids is 1. The first-order valence-electron chi connectivity index (χ1n) is 8.53. The van der Waals surface area contributed by atoms with Crippen LogP contribution in [0, 0.1) is 0 Å². The van der Waals surface area contributed by atoms with Crippen LogP contribution in [0.15, 0.2) is 42.5 Å². The summed E-state index contributed by atoms with van der Waals surface area (Å²) < 4.78 is 5.30. The standard InChI is InChI=1S/C20H22ClNO4/c1-26-12-15-10-14(20(25)22-9-8-18(23)19(24)11-22)4-7-17(15)13-2-5-16(21)6-3-13/h2-7,10,18-19,23-24H,8-9,11-12H2,1H3/t18-,19+/m0/s1. The van der Waals surface area contributed by atoms with Crippen molar-refractivity contribution in [3.05, 3.63) is 58.6 Å². The molecule has 1 heterocycles. The SMILES string of the molecule is COCc1cc(C(=O)N2CC[C@H](O)[C@H](O)C2)ccc1-c1ccc(Cl)cc1. The van der Waals surface area contributed by atoms with Crippen LogP contribution in [0.3, 0.4) is 0 Å². The van der Waals surface area contributed by atoms with Crippen molar-refractivity contribution >= 4 is 17.5 Å². The number of amides is 1. The normalized spacial score (nSPS) is 20.2. The predicted octanol–water partition coefficient (Wildman–Crippen LogP) is 2.72. The highest BCUT2D eigenvalue weighted by molar-refractivity contribution is 6.30. The van der Waals surface area contributed by atoms with Crippen LogP contribution in [0.1, 0.15) is 22.3 Å². The average molecular weight is 376 g/mol. The van der Waals surface area contributed by atoms with Gasteiger partial charge < -0.3 is 19.8 Å². The Hall–Kier alpha value is -1.92. The molecular formula is C20H22ClNO4. The van der Waals surface area contributed by atoms with Crippen LogP contribution >= 0.6 is 11.6 Å². The highest BCUT2D eigenvalue weighted by Crippen LogP contribution is 2.27. The molecule has 1 fully saturated rings. The van der Waals surface area contributed by atoms with Gasteiger partial charge in [-0.25, -0.2) is 0 Å². The number of β-amino-alcohol motifs (C(OH)–C–C–N with tert-alkyl or cyclic N) is 1. The topological polar surface area (TPSA) is 70.0 Å². The number of ether oxygens (including phenoxy) is 1. The second-order valence-corrected chi connectivity index (χ2v) is 6.92. The maximum atomic E-state index is 12.8. The fourth-order valence-corrected chi connectivity index (χ4v) is 3.33. The van der Waals surface area contributed by atoms with Gasteiger partial charge in [0.1, 0.15) is 0 Å². The molecule has 0 aromatic heterocycles. The summed E-state index contributed by atoms with van der Waals surface area (Å²) in [5.41, 5.74) is 3.42. The summed E-state index contributed by atoms with van der Waals surface area (Å²) in [5.74, 6) is -0.157. The monoisotopic (exact) mass is 375 g/mol. The number of benzene rings is 2. The molecule has 5 nitrogen and oxygen atoms in total. The number of hydrogen-bond donors (Lipinski definition) is 2. The van der Waals surface area contributed by atoms with Crippen molar-refractivity contribution in [2.75, 3.05) is 20.2 Å². The Balaban J connectivity index is 1.88. The number of carbonyl (C=O) groups is 1. The number of aliphatic hydroxyl groups excluding tert-OH is 2. The fourth-order valence-electron chi connectivity index (χ4n) is 3.20. The van der Waals surface area contributed by atoms with Gasteiger partial charge in [-0.05, 0) is 47.4 Å². The van der Waals surface area contributed by atoms with Crippen molar-refractivity contribution in [3.63, 3.8) is 0 Å². The zero-order valence-corrected chi connectivity index (χ0v) is 15.3. The van der Waals surface area contributed by atoms with Gasteiger partial charge in [0.25, 0.3) is 5.91 Å². The van der Waals surface area contributed by atoms with Crippen molar-refractivity contribution in [2.45, 2.75) is 25.2 Å². The number of nitrogens with zero attached hydrogens (tertiary/aromatic N) is 1. The molecule has 2 aromatic rings. The van der Waals surface area contributed by atoms with E-state index in [0.29, 0.717) is 30.2 Å². The quantitative estimate of drug-likeness (QED) is 0.862. The van der Waals surface area contributed by atoms with Crippen LogP contribution in [0.25, 0.3) is 11.1 Å². The molecular weight excluding hydrogens is 354 g/mol. The van der Waals surface area contributed by atoms with E-state index in [1.165, 1.54) is 0 Å². The van der Waals surface area contributed by atoms with Gasteiger partial charge in [0.15, 0.2) is 0 Å². The lowest BCUT2D eigenvalue weighted by Crippen LogP contribution is -2.48. The van der Waals surface area contributed by atoms with Gasteiger partial charge >= 0.3 is 0 Å². The van der Waals surface area contributed by atoms with Gasteiger partial charge in [0.05, 0.1) is 18.8 Å². The number of halogens is 1. The van der Waals surface area contributed by atoms with E-state index >= 15 is 0 Å². The summed E-state index contributed by atoms with van der Waals surface area (Å²) in [6.07, 6.45) is -1.30. The summed E-state index contributed by atoms with van der Waals surface area (Å²) in [6, 6.07) is 13.0. The molecule has 1 saturated heterocycles. The minimum absolute atomic E-state index is 0.137. The smallest absolute Gasteiger partial charge is 0.253 e. The summed E-state index contributed by atoms with van der Waals surface area (Å²) in [6.45, 7) is 0.939. The van der Waals surface area contributed by atoms with Crippen LogP contribution in [0.2, 0.25) is 5.02 Å². The molecule has 1 amide bonds. The number of likely N-dealkylation sites (tertiary alicyclic amines) is 1. The largest absolute Gasteiger partial charge is 0.390 e. The third-order valence-corrected chi connectivity index (χ3v) is 4.89. The molecule has 0 radical (unpaired) electrons. The Labute approximate surface area is 157 Å². The Morgan fingerprint density at radius 2 is 1.92 bits per heavy atom. The Morgan fingerprint density at radius 1 is 1.19 bits per heavy atom. The molecule has 138 valence electrons. The zero-order chi connectivity index (χ0) is 18.7. The first-order valence-corrected chi connectivity index (χ1v) is 8.90. The van der Waals surface area contributed by atoms with Crippen molar-refractivity contribution in [1.82, 2.24) is 4.90 Å². The van der Waals surface area contributed by atoms with Crippen LogP contribution in [-0.2, 0) is 11.3 Å². The first kappa shape index (κ1) is 18.9. The lowest BCUT2D eigenvalue weighted by atomic mass is 9.97. The van der Waals surface area contributed by atoms with E-state index in [4.69, 9.17) is 16.3 Å². The van der Waals surface area contributed by atoms with E-state index in [1.54, 1.807) is 18.1 Å². The second kappa shape index (κ2) is 8.18. The average Bonchev–Trinajstić information content (AvgIpc) is 2.64. The number of aliphatic hydroxyl groups is 2. The molecule has 2 aromatic carbocycles. The van der Waals surface area contributed by atoms with Crippen molar-refractivity contribution < 1.29 is 19.7 Å². The Kier molecular flexibility index (Phi) is 5.94. The number of methoxy groups -OCH3 is 1. The maximum Gasteiger partial charge on any atom is 0.253 e. The van der Waals surface area contributed by atoms with Crippen LogP contribution in [-0.4, -0.2) is 53.4 Å². The number of hydrogen-bond acceptors (Lipinski definition) is 4. The molecule has 2 atom stereocenters. The molecule has 0 unspecified atom stereocenters. The van der Waals surface area contributed by atoms with Gasteiger partial charge in [0.2, 0.25) is 0 Å². The number of piperidine rings is 1. The Morgan fingerprint density at radius 3 is 2.58 bits per heavy atom. The van der Waals surface area contributed by atoms with Crippen molar-refractivity contribution in [3.8, 4) is 11.1 Å². The van der Waals surface area contributed by atoms with Crippen molar-refractivity contribution in [2.24, 2.45) is 0 Å². The van der Waals surface area contributed by atoms with E-state index in [1.807, 2.05) is 36.4 Å². The fraction of sp³-hybridized carbons (Fsp3) is 0.350. The summed E-state index contributed by atoms with van der Waals surface area (Å²) in [5, 5.41) is 20.1. The van der Waals surface area contributed by atoms with Gasteiger partial charge in [0, 0.05) is 30.8 Å². The summed E-state index contributed by atoms with van der Waals surface area (Å²) >= 11 is 5.96. The zero-order valence-electron chi connectivity index (χ0n) is 14.6. The highest BCUT2D eigenvalue weighted by atomic mass is 35.5. The highest BCUT2D eigenvalue weighted by Gasteiger charge is 2.29. The summed E-state index contributed by atoms with van der Waals surface area (Å²) in [4.78, 5) is 14.4. The lowest BCUT2D eigenvalue weighted by molar-refractivity contribution is -0.0321. The van der Waals surface area contributed by atoms with Crippen molar-refractivity contribution in [1.29, 1.82) is 0 Å². The van der Waals surface area contributed by atoms with Gasteiger partial charge in [-0.2, -0.15) is 0 Å². The molecule has 0 saturated carbocycles. The van der Waals surface area contributed by atoms with Crippen LogP contribution < -0.4 is 0 Å². The summed E-state index contributed by atoms with van der Waals surface area (Å²) in [7, 11) is 1.61. The third kappa shape index (κ3) is 4.07. The van der Waals surface area contributed by atoms with Gasteiger partial charge in [-0.15, -0.1) is 0 Å². The molecule has 2 N–H and O–H groups in total. The molecule has 1 aliphatic heterocycles. The van der Waals surface area contributed by atoms with Crippen LogP contribution in [0.5, 0.6) is 0 Å². The first-order chi connectivity index (χ1) is 12.5. The molecule has 0 aliphatic carbocycles. The molecule has 0 spiro atoms. The third-order valence-electron chi connectivity index (χ3n) is 4.64. The van der Waals surface area contributed by atoms with E-state index in [9.17, 15) is 15.0 Å². The van der Waals surface area contributed by atoms with E-state index in [2.05, 4.69) is 0 Å². The molecule has 1 aliphatic rings. The number of rotatable bonds is 4. The van der Waals surface area contributed by atoms with E-state index < -0.39 is 12.2 Å².